The minimum Gasteiger partial charge on any atom is -0.493 e. The van der Waals surface area contributed by atoms with Gasteiger partial charge in [0.25, 0.3) is 5.56 Å². The number of anilines is 1. The average molecular weight is 605 g/mol. The molecule has 9 nitrogen and oxygen atoms in total. The predicted molar refractivity (Wildman–Crippen MR) is 150 cm³/mol. The topological polar surface area (TPSA) is 95.5 Å². The van der Waals surface area contributed by atoms with Crippen molar-refractivity contribution >= 4 is 45.2 Å². The van der Waals surface area contributed by atoms with Gasteiger partial charge in [0.2, 0.25) is 0 Å². The Bertz CT molecular complexity index is 1560. The van der Waals surface area contributed by atoms with Gasteiger partial charge in [0.05, 0.1) is 42.7 Å². The van der Waals surface area contributed by atoms with Crippen molar-refractivity contribution in [2.75, 3.05) is 38.8 Å². The molecule has 0 bridgehead atoms. The molecule has 0 saturated carbocycles. The van der Waals surface area contributed by atoms with Crippen LogP contribution in [0.2, 0.25) is 0 Å². The van der Waals surface area contributed by atoms with Gasteiger partial charge in [0.15, 0.2) is 22.2 Å². The first-order chi connectivity index (χ1) is 18.3. The van der Waals surface area contributed by atoms with Crippen molar-refractivity contribution in [1.82, 2.24) is 4.57 Å². The maximum Gasteiger partial charge on any atom is 0.338 e. The molecular formula is C27H30BrN3O6S. The molecule has 0 spiro atoms. The first kappa shape index (κ1) is 27.7. The molecule has 0 aliphatic carbocycles. The summed E-state index contributed by atoms with van der Waals surface area (Å²) in [4.78, 5) is 34.2. The summed E-state index contributed by atoms with van der Waals surface area (Å²) < 4.78 is 24.9. The van der Waals surface area contributed by atoms with E-state index in [1.165, 1.54) is 23.0 Å². The number of hydrogen-bond donors (Lipinski definition) is 0. The highest BCUT2D eigenvalue weighted by Gasteiger charge is 2.35. The number of esters is 1. The highest BCUT2D eigenvalue weighted by Crippen LogP contribution is 2.40. The van der Waals surface area contributed by atoms with Gasteiger partial charge in [0, 0.05) is 29.7 Å². The summed E-state index contributed by atoms with van der Waals surface area (Å²) in [5.74, 6) is 1.73. The lowest BCUT2D eigenvalue weighted by molar-refractivity contribution is -0.139. The van der Waals surface area contributed by atoms with E-state index in [9.17, 15) is 9.59 Å². The maximum absolute atomic E-state index is 13.9. The Morgan fingerprint density at radius 3 is 2.50 bits per heavy atom. The largest absolute Gasteiger partial charge is 0.493 e. The van der Waals surface area contributed by atoms with E-state index < -0.39 is 12.0 Å². The molecular weight excluding hydrogens is 574 g/mol. The highest BCUT2D eigenvalue weighted by atomic mass is 79.9. The van der Waals surface area contributed by atoms with Crippen LogP contribution in [0.1, 0.15) is 45.1 Å². The standard InChI is InChI=1S/C27H30BrN3O6S/c1-7-30(8-2)22-11-10-16(37-22)12-21-25(32)31-24(17-13-19(34-5)20(35-6)14-18(17)28)23(26(33)36-9-3)15(4)29-27(31)38-21/h10-14,24H,7-9H2,1-6H3/b21-12+/t24-/m0/s1. The molecule has 0 saturated heterocycles. The van der Waals surface area contributed by atoms with Crippen molar-refractivity contribution in [1.29, 1.82) is 0 Å². The van der Waals surface area contributed by atoms with E-state index in [0.717, 1.165) is 19.0 Å². The Labute approximate surface area is 232 Å². The number of aromatic nitrogens is 1. The smallest absolute Gasteiger partial charge is 0.338 e. The van der Waals surface area contributed by atoms with Gasteiger partial charge in [-0.25, -0.2) is 9.79 Å². The Balaban J connectivity index is 1.94. The number of carbonyl (C=O) groups excluding carboxylic acids is 1. The third-order valence-electron chi connectivity index (χ3n) is 6.28. The number of carbonyl (C=O) groups is 1. The molecule has 202 valence electrons. The number of fused-ring (bicyclic) bond motifs is 1. The Morgan fingerprint density at radius 2 is 1.87 bits per heavy atom. The Hall–Kier alpha value is -3.31. The van der Waals surface area contributed by atoms with Gasteiger partial charge in [-0.2, -0.15) is 0 Å². The van der Waals surface area contributed by atoms with Crippen LogP contribution in [0.25, 0.3) is 6.08 Å². The second-order valence-corrected chi connectivity index (χ2v) is 10.2. The van der Waals surface area contributed by atoms with Crippen LogP contribution in [0.4, 0.5) is 5.88 Å². The van der Waals surface area contributed by atoms with Crippen molar-refractivity contribution < 1.29 is 23.4 Å². The molecule has 0 unspecified atom stereocenters. The van der Waals surface area contributed by atoms with Gasteiger partial charge in [0.1, 0.15) is 5.76 Å². The van der Waals surface area contributed by atoms with Crippen LogP contribution < -0.4 is 29.3 Å². The highest BCUT2D eigenvalue weighted by molar-refractivity contribution is 9.10. The zero-order chi connectivity index (χ0) is 27.6. The summed E-state index contributed by atoms with van der Waals surface area (Å²) in [5, 5.41) is 0. The SMILES string of the molecule is CCOC(=O)C1=C(C)N=c2s/c(=C/c3ccc(N(CC)CC)o3)c(=O)n2[C@H]1c1cc(OC)c(OC)cc1Br. The molecule has 0 amide bonds. The van der Waals surface area contributed by atoms with Gasteiger partial charge in [-0.3, -0.25) is 9.36 Å². The molecule has 2 aromatic heterocycles. The zero-order valence-corrected chi connectivity index (χ0v) is 24.6. The molecule has 1 aliphatic heterocycles. The minimum atomic E-state index is -0.801. The lowest BCUT2D eigenvalue weighted by atomic mass is 9.95. The summed E-state index contributed by atoms with van der Waals surface area (Å²) >= 11 is 4.84. The van der Waals surface area contributed by atoms with Crippen molar-refractivity contribution in [3.8, 4) is 11.5 Å². The van der Waals surface area contributed by atoms with Gasteiger partial charge >= 0.3 is 5.97 Å². The summed E-state index contributed by atoms with van der Waals surface area (Å²) in [6.07, 6.45) is 1.71. The van der Waals surface area contributed by atoms with E-state index in [0.29, 0.717) is 42.3 Å². The molecule has 0 fully saturated rings. The lowest BCUT2D eigenvalue weighted by Crippen LogP contribution is -2.40. The van der Waals surface area contributed by atoms with Crippen LogP contribution in [0.15, 0.2) is 54.2 Å². The molecule has 38 heavy (non-hydrogen) atoms. The number of rotatable bonds is 9. The van der Waals surface area contributed by atoms with Crippen LogP contribution >= 0.6 is 27.3 Å². The molecule has 0 radical (unpaired) electrons. The first-order valence-corrected chi connectivity index (χ1v) is 13.8. The second-order valence-electron chi connectivity index (χ2n) is 8.38. The molecule has 4 rings (SSSR count). The normalized spacial score (nSPS) is 15.2. The molecule has 1 aliphatic rings. The van der Waals surface area contributed by atoms with Crippen molar-refractivity contribution in [3.05, 3.63) is 71.0 Å². The maximum atomic E-state index is 13.9. The van der Waals surface area contributed by atoms with Crippen LogP contribution in [0, 0.1) is 0 Å². The average Bonchev–Trinajstić information content (AvgIpc) is 3.48. The van der Waals surface area contributed by atoms with Crippen LogP contribution in [-0.2, 0) is 9.53 Å². The molecule has 11 heteroatoms. The van der Waals surface area contributed by atoms with Gasteiger partial charge in [-0.1, -0.05) is 27.3 Å². The van der Waals surface area contributed by atoms with E-state index in [-0.39, 0.29) is 17.7 Å². The van der Waals surface area contributed by atoms with Crippen LogP contribution in [0.5, 0.6) is 11.5 Å². The van der Waals surface area contributed by atoms with E-state index in [2.05, 4.69) is 39.7 Å². The number of methoxy groups -OCH3 is 2. The number of hydrogen-bond acceptors (Lipinski definition) is 9. The summed E-state index contributed by atoms with van der Waals surface area (Å²) in [5.41, 5.74) is 1.09. The Kier molecular flexibility index (Phi) is 8.47. The van der Waals surface area contributed by atoms with Gasteiger partial charge < -0.3 is 23.5 Å². The number of thiazole rings is 1. The number of ether oxygens (including phenoxy) is 3. The van der Waals surface area contributed by atoms with E-state index >= 15 is 0 Å². The monoisotopic (exact) mass is 603 g/mol. The van der Waals surface area contributed by atoms with Crippen molar-refractivity contribution in [3.63, 3.8) is 0 Å². The lowest BCUT2D eigenvalue weighted by Gasteiger charge is -2.26. The number of halogens is 1. The summed E-state index contributed by atoms with van der Waals surface area (Å²) in [7, 11) is 3.08. The third-order valence-corrected chi connectivity index (χ3v) is 7.95. The molecule has 0 N–H and O–H groups in total. The summed E-state index contributed by atoms with van der Waals surface area (Å²) in [6.45, 7) is 9.39. The molecule has 1 atom stereocenters. The predicted octanol–water partition coefficient (Wildman–Crippen LogP) is 4.02. The number of furan rings is 1. The fourth-order valence-electron chi connectivity index (χ4n) is 4.42. The fraction of sp³-hybridized carbons (Fsp3) is 0.370. The van der Waals surface area contributed by atoms with Crippen molar-refractivity contribution in [2.45, 2.75) is 33.7 Å². The van der Waals surface area contributed by atoms with Crippen molar-refractivity contribution in [2.24, 2.45) is 4.99 Å². The zero-order valence-electron chi connectivity index (χ0n) is 22.2. The second kappa shape index (κ2) is 11.6. The first-order valence-electron chi connectivity index (χ1n) is 12.2. The quantitative estimate of drug-likeness (QED) is 0.341. The van der Waals surface area contributed by atoms with Crippen LogP contribution in [0.3, 0.4) is 0 Å². The number of allylic oxidation sites excluding steroid dienone is 1. The minimum absolute atomic E-state index is 0.188. The van der Waals surface area contributed by atoms with E-state index in [1.807, 2.05) is 12.1 Å². The number of benzene rings is 1. The van der Waals surface area contributed by atoms with Crippen LogP contribution in [-0.4, -0.2) is 44.5 Å². The fourth-order valence-corrected chi connectivity index (χ4v) is 5.99. The summed E-state index contributed by atoms with van der Waals surface area (Å²) in [6, 6.07) is 6.43. The molecule has 3 aromatic rings. The van der Waals surface area contributed by atoms with Gasteiger partial charge in [-0.15, -0.1) is 0 Å². The molecule has 1 aromatic carbocycles. The third kappa shape index (κ3) is 5.04. The Morgan fingerprint density at radius 1 is 1.18 bits per heavy atom. The number of nitrogens with zero attached hydrogens (tertiary/aromatic N) is 3. The van der Waals surface area contributed by atoms with Gasteiger partial charge in [-0.05, 0) is 51.5 Å². The van der Waals surface area contributed by atoms with E-state index in [1.54, 1.807) is 39.2 Å². The molecule has 3 heterocycles. The van der Waals surface area contributed by atoms with E-state index in [4.69, 9.17) is 18.6 Å².